The molecule has 3 aliphatic rings. The Balaban J connectivity index is 1.62. The normalized spacial score (nSPS) is 26.6. The second-order valence-electron chi connectivity index (χ2n) is 7.37. The first-order valence-corrected chi connectivity index (χ1v) is 11.0. The molecular weight excluding hydrogens is 374 g/mol. The summed E-state index contributed by atoms with van der Waals surface area (Å²) in [5, 5.41) is 3.99. The number of sulfone groups is 1. The number of hydrogen-bond donors (Lipinski definition) is 0. The number of hydrogen-bond acceptors (Lipinski definition) is 7. The summed E-state index contributed by atoms with van der Waals surface area (Å²) in [4.78, 5) is 28.6. The molecule has 1 aromatic rings. The van der Waals surface area contributed by atoms with Crippen LogP contribution in [0.25, 0.3) is 0 Å². The van der Waals surface area contributed by atoms with Gasteiger partial charge in [0.05, 0.1) is 23.6 Å². The van der Waals surface area contributed by atoms with Crippen LogP contribution < -0.4 is 0 Å². The lowest BCUT2D eigenvalue weighted by atomic mass is 9.95. The van der Waals surface area contributed by atoms with Gasteiger partial charge >= 0.3 is 0 Å². The summed E-state index contributed by atoms with van der Waals surface area (Å²) in [6, 6.07) is -1.11. The first kappa shape index (κ1) is 18.4. The van der Waals surface area contributed by atoms with Gasteiger partial charge in [-0.25, -0.2) is 8.42 Å². The lowest BCUT2D eigenvalue weighted by molar-refractivity contribution is -0.140. The summed E-state index contributed by atoms with van der Waals surface area (Å²) < 4.78 is 34.8. The Morgan fingerprint density at radius 3 is 2.56 bits per heavy atom. The van der Waals surface area contributed by atoms with Gasteiger partial charge in [-0.15, -0.1) is 0 Å². The molecule has 148 valence electrons. The molecule has 9 nitrogen and oxygen atoms in total. The third-order valence-corrected chi connectivity index (χ3v) is 7.38. The fourth-order valence-electron chi connectivity index (χ4n) is 4.41. The van der Waals surface area contributed by atoms with Crippen molar-refractivity contribution in [2.75, 3.05) is 38.3 Å². The van der Waals surface area contributed by atoms with E-state index in [1.54, 1.807) is 9.80 Å². The maximum absolute atomic E-state index is 13.2. The lowest BCUT2D eigenvalue weighted by Crippen LogP contribution is -2.62. The SMILES string of the molecule is COCC(=O)N1CCN(C(=O)c2noc3c2CCCC3)[C@H]2CS(=O)(=O)C[C@H]21. The number of amides is 2. The second kappa shape index (κ2) is 6.90. The van der Waals surface area contributed by atoms with Crippen molar-refractivity contribution in [3.63, 3.8) is 0 Å². The first-order valence-electron chi connectivity index (χ1n) is 9.18. The monoisotopic (exact) mass is 397 g/mol. The fourth-order valence-corrected chi connectivity index (χ4v) is 6.39. The van der Waals surface area contributed by atoms with Gasteiger partial charge in [-0.05, 0) is 19.3 Å². The minimum Gasteiger partial charge on any atom is -0.375 e. The van der Waals surface area contributed by atoms with Crippen LogP contribution in [0.4, 0.5) is 0 Å². The number of carbonyl (C=O) groups excluding carboxylic acids is 2. The molecule has 0 radical (unpaired) electrons. The molecule has 2 amide bonds. The van der Waals surface area contributed by atoms with E-state index in [2.05, 4.69) is 5.16 Å². The minimum atomic E-state index is -3.34. The molecular formula is C17H23N3O6S. The summed E-state index contributed by atoms with van der Waals surface area (Å²) in [5.74, 6) is -0.0638. The van der Waals surface area contributed by atoms with Crippen LogP contribution in [-0.2, 0) is 32.2 Å². The quantitative estimate of drug-likeness (QED) is 0.686. The zero-order chi connectivity index (χ0) is 19.2. The zero-order valence-corrected chi connectivity index (χ0v) is 16.0. The fraction of sp³-hybridized carbons (Fsp3) is 0.706. The van der Waals surface area contributed by atoms with Crippen LogP contribution in [0.1, 0.15) is 34.7 Å². The topological polar surface area (TPSA) is 110 Å². The minimum absolute atomic E-state index is 0.103. The Hall–Kier alpha value is -1.94. The van der Waals surface area contributed by atoms with Gasteiger partial charge in [-0.1, -0.05) is 5.16 Å². The molecule has 2 atom stereocenters. The molecule has 27 heavy (non-hydrogen) atoms. The highest BCUT2D eigenvalue weighted by atomic mass is 32.2. The van der Waals surface area contributed by atoms with E-state index < -0.39 is 21.9 Å². The van der Waals surface area contributed by atoms with Crippen molar-refractivity contribution in [2.45, 2.75) is 37.8 Å². The number of aryl methyl sites for hydroxylation is 1. The average Bonchev–Trinajstić information content (AvgIpc) is 3.20. The number of aromatic nitrogens is 1. The maximum atomic E-state index is 13.2. The van der Waals surface area contributed by atoms with Crippen LogP contribution in [0, 0.1) is 0 Å². The van der Waals surface area contributed by atoms with Crippen molar-refractivity contribution in [2.24, 2.45) is 0 Å². The van der Waals surface area contributed by atoms with E-state index >= 15 is 0 Å². The van der Waals surface area contributed by atoms with Gasteiger partial charge in [-0.3, -0.25) is 9.59 Å². The Labute approximate surface area is 157 Å². The Morgan fingerprint density at radius 1 is 1.15 bits per heavy atom. The van der Waals surface area contributed by atoms with Gasteiger partial charge in [0, 0.05) is 32.2 Å². The van der Waals surface area contributed by atoms with Crippen molar-refractivity contribution >= 4 is 21.7 Å². The molecule has 1 aliphatic carbocycles. The molecule has 2 fully saturated rings. The number of carbonyl (C=O) groups is 2. The first-order chi connectivity index (χ1) is 12.9. The third-order valence-electron chi connectivity index (χ3n) is 5.68. The molecule has 2 aliphatic heterocycles. The van der Waals surface area contributed by atoms with Crippen LogP contribution >= 0.6 is 0 Å². The molecule has 4 rings (SSSR count). The molecule has 1 aromatic heterocycles. The third kappa shape index (κ3) is 3.25. The molecule has 0 unspecified atom stereocenters. The summed E-state index contributed by atoms with van der Waals surface area (Å²) in [5.41, 5.74) is 1.14. The highest BCUT2D eigenvalue weighted by molar-refractivity contribution is 7.91. The van der Waals surface area contributed by atoms with Crippen LogP contribution in [0.3, 0.4) is 0 Å². The molecule has 3 heterocycles. The maximum Gasteiger partial charge on any atom is 0.276 e. The van der Waals surface area contributed by atoms with Crippen LogP contribution in [0.15, 0.2) is 4.52 Å². The predicted molar refractivity (Wildman–Crippen MR) is 94.0 cm³/mol. The number of fused-ring (bicyclic) bond motifs is 2. The van der Waals surface area contributed by atoms with Gasteiger partial charge in [0.1, 0.15) is 12.4 Å². The largest absolute Gasteiger partial charge is 0.375 e. The van der Waals surface area contributed by atoms with Crippen molar-refractivity contribution < 1.29 is 27.3 Å². The Bertz CT molecular complexity index is 864. The zero-order valence-electron chi connectivity index (χ0n) is 15.2. The van der Waals surface area contributed by atoms with Crippen LogP contribution in [0.2, 0.25) is 0 Å². The summed E-state index contributed by atoms with van der Waals surface area (Å²) in [6.07, 6.45) is 3.52. The van der Waals surface area contributed by atoms with E-state index in [4.69, 9.17) is 9.26 Å². The molecule has 0 aromatic carbocycles. The highest BCUT2D eigenvalue weighted by Crippen LogP contribution is 2.30. The van der Waals surface area contributed by atoms with E-state index in [0.717, 1.165) is 37.0 Å². The van der Waals surface area contributed by atoms with E-state index in [1.165, 1.54) is 7.11 Å². The number of nitrogens with zero attached hydrogens (tertiary/aromatic N) is 3. The van der Waals surface area contributed by atoms with Crippen LogP contribution in [0.5, 0.6) is 0 Å². The van der Waals surface area contributed by atoms with Crippen molar-refractivity contribution in [3.05, 3.63) is 17.0 Å². The van der Waals surface area contributed by atoms with Gasteiger partial charge in [0.2, 0.25) is 5.91 Å². The lowest BCUT2D eigenvalue weighted by Gasteiger charge is -2.43. The van der Waals surface area contributed by atoms with E-state index in [0.29, 0.717) is 5.69 Å². The average molecular weight is 397 g/mol. The number of methoxy groups -OCH3 is 1. The van der Waals surface area contributed by atoms with Gasteiger partial charge in [0.15, 0.2) is 15.5 Å². The Kier molecular flexibility index (Phi) is 4.71. The molecule has 2 saturated heterocycles. The molecule has 0 bridgehead atoms. The van der Waals surface area contributed by atoms with Gasteiger partial charge in [0.25, 0.3) is 5.91 Å². The smallest absolute Gasteiger partial charge is 0.276 e. The molecule has 0 saturated carbocycles. The number of ether oxygens (including phenoxy) is 1. The standard InChI is InChI=1S/C17H23N3O6S/c1-25-8-15(21)19-6-7-20(13-10-27(23,24)9-12(13)19)17(22)16-11-4-2-3-5-14(11)26-18-16/h12-13H,2-10H2,1H3/t12-,13+/m1/s1. The van der Waals surface area contributed by atoms with Gasteiger partial charge < -0.3 is 19.1 Å². The van der Waals surface area contributed by atoms with Crippen molar-refractivity contribution in [1.29, 1.82) is 0 Å². The van der Waals surface area contributed by atoms with E-state index in [9.17, 15) is 18.0 Å². The van der Waals surface area contributed by atoms with Crippen molar-refractivity contribution in [3.8, 4) is 0 Å². The van der Waals surface area contributed by atoms with Crippen molar-refractivity contribution in [1.82, 2.24) is 15.0 Å². The van der Waals surface area contributed by atoms with E-state index in [-0.39, 0.29) is 43.0 Å². The van der Waals surface area contributed by atoms with Gasteiger partial charge in [-0.2, -0.15) is 0 Å². The number of rotatable bonds is 3. The second-order valence-corrected chi connectivity index (χ2v) is 9.52. The molecule has 0 N–H and O–H groups in total. The van der Waals surface area contributed by atoms with E-state index in [1.807, 2.05) is 0 Å². The number of piperazine rings is 1. The molecule has 0 spiro atoms. The summed E-state index contributed by atoms with van der Waals surface area (Å²) in [7, 11) is -1.91. The summed E-state index contributed by atoms with van der Waals surface area (Å²) in [6.45, 7) is 0.450. The highest BCUT2D eigenvalue weighted by Gasteiger charge is 2.50. The molecule has 10 heteroatoms. The Morgan fingerprint density at radius 2 is 1.81 bits per heavy atom. The predicted octanol–water partition coefficient (Wildman–Crippen LogP) is -0.350. The summed E-state index contributed by atoms with van der Waals surface area (Å²) >= 11 is 0. The van der Waals surface area contributed by atoms with Crippen LogP contribution in [-0.4, -0.2) is 85.6 Å².